The largest absolute Gasteiger partial charge is 0.310 e. The molecule has 1 aliphatic heterocycles. The Morgan fingerprint density at radius 2 is 1.89 bits per heavy atom. The van der Waals surface area contributed by atoms with E-state index >= 15 is 0 Å². The highest BCUT2D eigenvalue weighted by Crippen LogP contribution is 2.16. The lowest BCUT2D eigenvalue weighted by atomic mass is 10.1. The molecule has 3 heteroatoms. The molecule has 0 bridgehead atoms. The van der Waals surface area contributed by atoms with E-state index in [2.05, 4.69) is 29.3 Å². The van der Waals surface area contributed by atoms with Gasteiger partial charge in [-0.05, 0) is 70.1 Å². The zero-order valence-corrected chi connectivity index (χ0v) is 11.9. The Morgan fingerprint density at radius 3 is 2.56 bits per heavy atom. The third-order valence-electron chi connectivity index (χ3n) is 3.67. The zero-order chi connectivity index (χ0) is 12.8. The molecule has 0 spiro atoms. The summed E-state index contributed by atoms with van der Waals surface area (Å²) >= 11 is 5.89. The van der Waals surface area contributed by atoms with E-state index in [4.69, 9.17) is 11.6 Å². The van der Waals surface area contributed by atoms with Crippen molar-refractivity contribution in [2.24, 2.45) is 0 Å². The lowest BCUT2D eigenvalue weighted by Crippen LogP contribution is -2.26. The van der Waals surface area contributed by atoms with Gasteiger partial charge in [-0.15, -0.1) is 0 Å². The fourth-order valence-electron chi connectivity index (χ4n) is 2.50. The van der Waals surface area contributed by atoms with Crippen LogP contribution in [0.1, 0.15) is 37.8 Å². The summed E-state index contributed by atoms with van der Waals surface area (Å²) in [5.74, 6) is 0. The smallest absolute Gasteiger partial charge is 0.0406 e. The third-order valence-corrected chi connectivity index (χ3v) is 3.92. The number of hydrogen-bond acceptors (Lipinski definition) is 2. The number of halogens is 1. The Morgan fingerprint density at radius 1 is 1.22 bits per heavy atom. The van der Waals surface area contributed by atoms with Crippen molar-refractivity contribution in [3.05, 3.63) is 34.9 Å². The molecule has 1 atom stereocenters. The third kappa shape index (κ3) is 4.27. The van der Waals surface area contributed by atoms with Gasteiger partial charge < -0.3 is 10.2 Å². The summed E-state index contributed by atoms with van der Waals surface area (Å²) < 4.78 is 0. The Balaban J connectivity index is 1.64. The first-order valence-electron chi connectivity index (χ1n) is 6.97. The van der Waals surface area contributed by atoms with E-state index in [1.165, 1.54) is 44.5 Å². The molecule has 0 saturated carbocycles. The van der Waals surface area contributed by atoms with Gasteiger partial charge in [-0.2, -0.15) is 0 Å². The van der Waals surface area contributed by atoms with Gasteiger partial charge in [0.05, 0.1) is 0 Å². The Hall–Kier alpha value is -0.570. The highest BCUT2D eigenvalue weighted by Gasteiger charge is 2.10. The number of likely N-dealkylation sites (tertiary alicyclic amines) is 1. The first-order chi connectivity index (χ1) is 8.75. The monoisotopic (exact) mass is 266 g/mol. The first-order valence-corrected chi connectivity index (χ1v) is 7.35. The topological polar surface area (TPSA) is 15.3 Å². The summed E-state index contributed by atoms with van der Waals surface area (Å²) in [7, 11) is 0. The molecule has 0 radical (unpaired) electrons. The lowest BCUT2D eigenvalue weighted by molar-refractivity contribution is 0.328. The van der Waals surface area contributed by atoms with E-state index in [0.29, 0.717) is 6.04 Å². The van der Waals surface area contributed by atoms with Gasteiger partial charge in [0.25, 0.3) is 0 Å². The van der Waals surface area contributed by atoms with Crippen LogP contribution in [0.5, 0.6) is 0 Å². The maximum Gasteiger partial charge on any atom is 0.0406 e. The van der Waals surface area contributed by atoms with Crippen molar-refractivity contribution in [1.82, 2.24) is 10.2 Å². The number of benzene rings is 1. The van der Waals surface area contributed by atoms with Crippen molar-refractivity contribution < 1.29 is 0 Å². The van der Waals surface area contributed by atoms with Crippen molar-refractivity contribution in [2.45, 2.75) is 32.2 Å². The number of hydrogen-bond donors (Lipinski definition) is 1. The van der Waals surface area contributed by atoms with Crippen LogP contribution in [0.3, 0.4) is 0 Å². The molecule has 0 aliphatic carbocycles. The van der Waals surface area contributed by atoms with E-state index < -0.39 is 0 Å². The van der Waals surface area contributed by atoms with Crippen molar-refractivity contribution >= 4 is 11.6 Å². The Labute approximate surface area is 115 Å². The fourth-order valence-corrected chi connectivity index (χ4v) is 2.62. The van der Waals surface area contributed by atoms with Crippen LogP contribution >= 0.6 is 11.6 Å². The molecule has 0 amide bonds. The molecule has 1 aromatic rings. The van der Waals surface area contributed by atoms with Crippen LogP contribution in [0.25, 0.3) is 0 Å². The molecule has 0 aromatic heterocycles. The second kappa shape index (κ2) is 7.13. The molecule has 2 rings (SSSR count). The molecule has 1 aliphatic rings. The molecule has 1 saturated heterocycles. The minimum absolute atomic E-state index is 0.404. The van der Waals surface area contributed by atoms with E-state index in [-0.39, 0.29) is 0 Å². The van der Waals surface area contributed by atoms with Gasteiger partial charge in [0.15, 0.2) is 0 Å². The van der Waals surface area contributed by atoms with Gasteiger partial charge in [0.2, 0.25) is 0 Å². The number of rotatable bonds is 6. The van der Waals surface area contributed by atoms with Crippen LogP contribution in [-0.2, 0) is 0 Å². The number of nitrogens with one attached hydrogen (secondary N) is 1. The predicted octanol–water partition coefficient (Wildman–Crippen LogP) is 3.48. The van der Waals surface area contributed by atoms with Gasteiger partial charge in [-0.3, -0.25) is 0 Å². The predicted molar refractivity (Wildman–Crippen MR) is 78.2 cm³/mol. The van der Waals surface area contributed by atoms with Crippen LogP contribution < -0.4 is 5.32 Å². The first kappa shape index (κ1) is 13.9. The van der Waals surface area contributed by atoms with Gasteiger partial charge in [0.1, 0.15) is 0 Å². The van der Waals surface area contributed by atoms with Crippen LogP contribution in [0, 0.1) is 0 Å². The highest BCUT2D eigenvalue weighted by atomic mass is 35.5. The van der Waals surface area contributed by atoms with E-state index in [1.807, 2.05) is 12.1 Å². The normalized spacial score (nSPS) is 18.1. The molecule has 2 nitrogen and oxygen atoms in total. The van der Waals surface area contributed by atoms with Crippen molar-refractivity contribution in [3.8, 4) is 0 Å². The average Bonchev–Trinajstić information content (AvgIpc) is 2.88. The summed E-state index contributed by atoms with van der Waals surface area (Å²) in [4.78, 5) is 2.56. The number of nitrogens with zero attached hydrogens (tertiary/aromatic N) is 1. The van der Waals surface area contributed by atoms with Gasteiger partial charge >= 0.3 is 0 Å². The van der Waals surface area contributed by atoms with E-state index in [1.54, 1.807) is 0 Å². The fraction of sp³-hybridized carbons (Fsp3) is 0.600. The Kier molecular flexibility index (Phi) is 5.48. The lowest BCUT2D eigenvalue weighted by Gasteiger charge is -2.17. The second-order valence-corrected chi connectivity index (χ2v) is 5.57. The van der Waals surface area contributed by atoms with Crippen molar-refractivity contribution in [2.75, 3.05) is 26.2 Å². The van der Waals surface area contributed by atoms with Gasteiger partial charge in [0, 0.05) is 11.1 Å². The van der Waals surface area contributed by atoms with Crippen LogP contribution in [0.2, 0.25) is 5.02 Å². The summed E-state index contributed by atoms with van der Waals surface area (Å²) in [6.07, 6.45) is 4.00. The Bertz CT molecular complexity index is 344. The van der Waals surface area contributed by atoms with Crippen LogP contribution in [0.4, 0.5) is 0 Å². The van der Waals surface area contributed by atoms with Crippen molar-refractivity contribution in [3.63, 3.8) is 0 Å². The standard InChI is InChI=1S/C15H23ClN2/c1-13(14-5-7-15(16)8-6-14)17-9-4-12-18-10-2-3-11-18/h5-8,13,17H,2-4,9-12H2,1H3/t13-/m0/s1. The second-order valence-electron chi connectivity index (χ2n) is 5.13. The summed E-state index contributed by atoms with van der Waals surface area (Å²) in [5, 5.41) is 4.38. The highest BCUT2D eigenvalue weighted by molar-refractivity contribution is 6.30. The van der Waals surface area contributed by atoms with E-state index in [9.17, 15) is 0 Å². The summed E-state index contributed by atoms with van der Waals surface area (Å²) in [6.45, 7) is 7.12. The van der Waals surface area contributed by atoms with E-state index in [0.717, 1.165) is 11.6 Å². The van der Waals surface area contributed by atoms with Crippen molar-refractivity contribution in [1.29, 1.82) is 0 Å². The van der Waals surface area contributed by atoms with Gasteiger partial charge in [-0.1, -0.05) is 23.7 Å². The summed E-state index contributed by atoms with van der Waals surface area (Å²) in [5.41, 5.74) is 1.31. The zero-order valence-electron chi connectivity index (χ0n) is 11.2. The molecule has 18 heavy (non-hydrogen) atoms. The van der Waals surface area contributed by atoms with Crippen LogP contribution in [-0.4, -0.2) is 31.1 Å². The maximum absolute atomic E-state index is 5.89. The molecule has 1 aromatic carbocycles. The molecule has 1 fully saturated rings. The molecule has 1 N–H and O–H groups in total. The molecular formula is C15H23ClN2. The minimum atomic E-state index is 0.404. The van der Waals surface area contributed by atoms with Gasteiger partial charge in [-0.25, -0.2) is 0 Å². The average molecular weight is 267 g/mol. The molecule has 100 valence electrons. The molecular weight excluding hydrogens is 244 g/mol. The van der Waals surface area contributed by atoms with Crippen LogP contribution in [0.15, 0.2) is 24.3 Å². The minimum Gasteiger partial charge on any atom is -0.310 e. The summed E-state index contributed by atoms with van der Waals surface area (Å²) in [6, 6.07) is 8.51. The molecule has 1 heterocycles. The SMILES string of the molecule is C[C@H](NCCCN1CCCC1)c1ccc(Cl)cc1. The quantitative estimate of drug-likeness (QED) is 0.793. The molecule has 0 unspecified atom stereocenters. The maximum atomic E-state index is 5.89.